The quantitative estimate of drug-likeness (QED) is 0.499. The second kappa shape index (κ2) is 11.8. The van der Waals surface area contributed by atoms with Crippen LogP contribution in [0.2, 0.25) is 0 Å². The van der Waals surface area contributed by atoms with Gasteiger partial charge in [-0.25, -0.2) is 4.68 Å². The molecule has 31 heavy (non-hydrogen) atoms. The fraction of sp³-hybridized carbons (Fsp3) is 0.381. The van der Waals surface area contributed by atoms with Gasteiger partial charge in [0, 0.05) is 25.8 Å². The third kappa shape index (κ3) is 5.39. The Hall–Kier alpha value is -1.68. The Bertz CT molecular complexity index is 917. The van der Waals surface area contributed by atoms with Crippen molar-refractivity contribution in [2.75, 3.05) is 19.9 Å². The van der Waals surface area contributed by atoms with Crippen molar-refractivity contribution in [3.8, 4) is 0 Å². The second-order valence-electron chi connectivity index (χ2n) is 7.11. The average Bonchev–Trinajstić information content (AvgIpc) is 3.28. The van der Waals surface area contributed by atoms with Crippen LogP contribution in [-0.2, 0) is 17.0 Å². The first-order valence-corrected chi connectivity index (χ1v) is 10.9. The molecule has 0 amide bonds. The van der Waals surface area contributed by atoms with Crippen molar-refractivity contribution in [1.82, 2.24) is 30.8 Å². The monoisotopic (exact) mass is 482 g/mol. The summed E-state index contributed by atoms with van der Waals surface area (Å²) in [4.78, 5) is 0. The number of nitrogens with zero attached hydrogens (tertiary/aromatic N) is 4. The Balaban J connectivity index is 0.00000171. The highest BCUT2D eigenvalue weighted by Crippen LogP contribution is 2.36. The molecule has 0 bridgehead atoms. The van der Waals surface area contributed by atoms with Crippen LogP contribution in [0.1, 0.15) is 23.6 Å². The molecular formula is C21H28Cl2N6OS. The summed E-state index contributed by atoms with van der Waals surface area (Å²) in [6.45, 7) is 1.47. The second-order valence-corrected chi connectivity index (χ2v) is 7.88. The number of piperidine rings is 1. The molecule has 1 aliphatic heterocycles. The molecular weight excluding hydrogens is 455 g/mol. The van der Waals surface area contributed by atoms with Crippen molar-refractivity contribution in [2.45, 2.75) is 35.9 Å². The molecule has 1 unspecified atom stereocenters. The fourth-order valence-corrected chi connectivity index (χ4v) is 4.53. The molecule has 1 aliphatic rings. The van der Waals surface area contributed by atoms with Crippen LogP contribution < -0.4 is 10.6 Å². The van der Waals surface area contributed by atoms with E-state index in [9.17, 15) is 0 Å². The summed E-state index contributed by atoms with van der Waals surface area (Å²) in [6.07, 6.45) is 2.83. The molecule has 7 nitrogen and oxygen atoms in total. The van der Waals surface area contributed by atoms with Gasteiger partial charge in [-0.05, 0) is 28.7 Å². The molecule has 1 saturated heterocycles. The van der Waals surface area contributed by atoms with E-state index in [4.69, 9.17) is 4.74 Å². The minimum atomic E-state index is -0.625. The van der Waals surface area contributed by atoms with Gasteiger partial charge in [0.2, 0.25) is 5.16 Å². The Morgan fingerprint density at radius 3 is 2.45 bits per heavy atom. The number of aromatic nitrogens is 4. The maximum absolute atomic E-state index is 6.15. The van der Waals surface area contributed by atoms with E-state index in [0.29, 0.717) is 6.54 Å². The molecule has 0 radical (unpaired) electrons. The summed E-state index contributed by atoms with van der Waals surface area (Å²) < 4.78 is 8.06. The highest BCUT2D eigenvalue weighted by Gasteiger charge is 2.46. The zero-order chi connectivity index (χ0) is 20.1. The summed E-state index contributed by atoms with van der Waals surface area (Å²) >= 11 is 1.56. The lowest BCUT2D eigenvalue weighted by Crippen LogP contribution is -2.63. The summed E-state index contributed by atoms with van der Waals surface area (Å²) in [5, 5.41) is 20.4. The van der Waals surface area contributed by atoms with Gasteiger partial charge in [-0.15, -0.1) is 29.9 Å². The van der Waals surface area contributed by atoms with Crippen molar-refractivity contribution in [3.05, 3.63) is 71.8 Å². The lowest BCUT2D eigenvalue weighted by molar-refractivity contribution is -0.0994. The number of tetrazole rings is 1. The Morgan fingerprint density at radius 1 is 1.13 bits per heavy atom. The van der Waals surface area contributed by atoms with E-state index in [1.54, 1.807) is 18.9 Å². The van der Waals surface area contributed by atoms with Gasteiger partial charge in [0.1, 0.15) is 0 Å². The first kappa shape index (κ1) is 25.6. The molecule has 3 aromatic rings. The molecule has 1 aromatic heterocycles. The first-order valence-electron chi connectivity index (χ1n) is 9.71. The van der Waals surface area contributed by atoms with Crippen LogP contribution in [0.3, 0.4) is 0 Å². The molecule has 168 valence electrons. The zero-order valence-corrected chi connectivity index (χ0v) is 19.9. The number of benzene rings is 2. The molecule has 10 heteroatoms. The minimum absolute atomic E-state index is 0. The first-order chi connectivity index (χ1) is 14.3. The fourth-order valence-electron chi connectivity index (χ4n) is 4.03. The van der Waals surface area contributed by atoms with Gasteiger partial charge in [-0.3, -0.25) is 5.32 Å². The molecule has 0 aliphatic carbocycles. The Morgan fingerprint density at radius 2 is 1.81 bits per heavy atom. The molecule has 2 N–H and O–H groups in total. The SMILES string of the molecule is CO[C@]1(c2ccccc2)NCC(n2nnnc2SC)C[C@@H]1NCc1ccccc1.Cl.Cl. The highest BCUT2D eigenvalue weighted by atomic mass is 35.5. The van der Waals surface area contributed by atoms with Gasteiger partial charge in [0.25, 0.3) is 0 Å². The summed E-state index contributed by atoms with van der Waals surface area (Å²) in [5.41, 5.74) is 1.72. The Labute approximate surface area is 199 Å². The smallest absolute Gasteiger partial charge is 0.209 e. The minimum Gasteiger partial charge on any atom is -0.358 e. The molecule has 2 heterocycles. The van der Waals surface area contributed by atoms with Gasteiger partial charge >= 0.3 is 0 Å². The maximum atomic E-state index is 6.15. The summed E-state index contributed by atoms with van der Waals surface area (Å²) in [6, 6.07) is 20.9. The van der Waals surface area contributed by atoms with Gasteiger partial charge in [-0.2, -0.15) is 0 Å². The van der Waals surface area contributed by atoms with E-state index in [0.717, 1.165) is 23.7 Å². The van der Waals surface area contributed by atoms with Gasteiger partial charge in [-0.1, -0.05) is 72.4 Å². The standard InChI is InChI=1S/C21H26N6OS.2ClH/c1-28-21(17-11-7-4-8-12-17)19(22-14-16-9-5-3-6-10-16)13-18(15-23-21)27-20(29-2)24-25-26-27;;/h3-12,18-19,22-23H,13-15H2,1-2H3;2*1H/t18?,19-,21-;;/m0../s1. The van der Waals surface area contributed by atoms with Crippen molar-refractivity contribution in [1.29, 1.82) is 0 Å². The number of hydrogen-bond acceptors (Lipinski definition) is 7. The largest absolute Gasteiger partial charge is 0.358 e. The van der Waals surface area contributed by atoms with Crippen molar-refractivity contribution >= 4 is 36.6 Å². The van der Waals surface area contributed by atoms with Crippen molar-refractivity contribution in [3.63, 3.8) is 0 Å². The van der Waals surface area contributed by atoms with E-state index in [1.165, 1.54) is 5.56 Å². The van der Waals surface area contributed by atoms with E-state index < -0.39 is 5.72 Å². The van der Waals surface area contributed by atoms with Crippen molar-refractivity contribution in [2.24, 2.45) is 0 Å². The van der Waals surface area contributed by atoms with Crippen LogP contribution in [0.15, 0.2) is 65.8 Å². The third-order valence-corrected chi connectivity index (χ3v) is 6.14. The highest BCUT2D eigenvalue weighted by molar-refractivity contribution is 7.98. The molecule has 0 saturated carbocycles. The molecule has 3 atom stereocenters. The number of ether oxygens (including phenoxy) is 1. The summed E-state index contributed by atoms with van der Waals surface area (Å²) in [5.74, 6) is 0. The van der Waals surface area contributed by atoms with Crippen molar-refractivity contribution < 1.29 is 4.74 Å². The van der Waals surface area contributed by atoms with Gasteiger partial charge < -0.3 is 10.1 Å². The number of rotatable bonds is 7. The van der Waals surface area contributed by atoms with Gasteiger partial charge in [0.05, 0.1) is 12.1 Å². The number of thioether (sulfide) groups is 1. The van der Waals surface area contributed by atoms with Crippen LogP contribution in [0.25, 0.3) is 0 Å². The number of nitrogens with one attached hydrogen (secondary N) is 2. The number of methoxy groups -OCH3 is 1. The molecule has 4 rings (SSSR count). The summed E-state index contributed by atoms with van der Waals surface area (Å²) in [7, 11) is 1.77. The zero-order valence-electron chi connectivity index (χ0n) is 17.5. The molecule has 1 fully saturated rings. The third-order valence-electron chi connectivity index (χ3n) is 5.51. The van der Waals surface area contributed by atoms with E-state index >= 15 is 0 Å². The Kier molecular flexibility index (Phi) is 9.74. The molecule has 0 spiro atoms. The van der Waals surface area contributed by atoms with Crippen LogP contribution in [0.4, 0.5) is 0 Å². The predicted molar refractivity (Wildman–Crippen MR) is 128 cm³/mol. The van der Waals surface area contributed by atoms with Gasteiger partial charge in [0.15, 0.2) is 5.72 Å². The number of hydrogen-bond donors (Lipinski definition) is 2. The topological polar surface area (TPSA) is 76.9 Å². The van der Waals surface area contributed by atoms with E-state index in [2.05, 4.69) is 62.6 Å². The van der Waals surface area contributed by atoms with Crippen LogP contribution >= 0.6 is 36.6 Å². The van der Waals surface area contributed by atoms with E-state index in [-0.39, 0.29) is 36.9 Å². The maximum Gasteiger partial charge on any atom is 0.209 e. The predicted octanol–water partition coefficient (Wildman–Crippen LogP) is 3.43. The van der Waals surface area contributed by atoms with Crippen LogP contribution in [0.5, 0.6) is 0 Å². The van der Waals surface area contributed by atoms with E-state index in [1.807, 2.05) is 35.2 Å². The molecule has 2 aromatic carbocycles. The van der Waals surface area contributed by atoms with Crippen LogP contribution in [-0.4, -0.2) is 46.2 Å². The normalized spacial score (nSPS) is 22.9. The average molecular weight is 483 g/mol. The van der Waals surface area contributed by atoms with Crippen LogP contribution in [0, 0.1) is 0 Å². The lowest BCUT2D eigenvalue weighted by Gasteiger charge is -2.47. The lowest BCUT2D eigenvalue weighted by atomic mass is 9.85. The number of halogens is 2.